The second kappa shape index (κ2) is 6.10. The Labute approximate surface area is 123 Å². The van der Waals surface area contributed by atoms with Crippen LogP contribution in [0.25, 0.3) is 0 Å². The molecule has 1 fully saturated rings. The number of sulfonamides is 1. The number of nitrogens with two attached hydrogens (primary N) is 1. The SMILES string of the molecule is Cc1cc(S(=O)(=O)NC2CCCCCC2N)sc1Cl. The summed E-state index contributed by atoms with van der Waals surface area (Å²) in [4.78, 5) is 0. The molecule has 2 rings (SSSR count). The van der Waals surface area contributed by atoms with Gasteiger partial charge in [-0.15, -0.1) is 11.3 Å². The molecule has 1 aliphatic carbocycles. The summed E-state index contributed by atoms with van der Waals surface area (Å²) >= 11 is 7.03. The second-order valence-electron chi connectivity index (χ2n) is 5.05. The summed E-state index contributed by atoms with van der Waals surface area (Å²) < 4.78 is 28.1. The molecule has 19 heavy (non-hydrogen) atoms. The summed E-state index contributed by atoms with van der Waals surface area (Å²) in [6.07, 6.45) is 4.89. The minimum Gasteiger partial charge on any atom is -0.326 e. The molecule has 1 aromatic heterocycles. The quantitative estimate of drug-likeness (QED) is 0.840. The van der Waals surface area contributed by atoms with Crippen molar-refractivity contribution >= 4 is 33.0 Å². The molecule has 7 heteroatoms. The molecule has 0 radical (unpaired) electrons. The highest BCUT2D eigenvalue weighted by Gasteiger charge is 2.27. The maximum atomic E-state index is 12.3. The van der Waals surface area contributed by atoms with Gasteiger partial charge in [0, 0.05) is 12.1 Å². The van der Waals surface area contributed by atoms with E-state index >= 15 is 0 Å². The van der Waals surface area contributed by atoms with Gasteiger partial charge < -0.3 is 5.73 Å². The molecule has 1 aliphatic rings. The minimum atomic E-state index is -3.51. The van der Waals surface area contributed by atoms with Gasteiger partial charge in [-0.2, -0.15) is 0 Å². The van der Waals surface area contributed by atoms with Crippen LogP contribution in [-0.2, 0) is 10.0 Å². The molecular weight excluding hydrogens is 304 g/mol. The Morgan fingerprint density at radius 2 is 2.05 bits per heavy atom. The van der Waals surface area contributed by atoms with Crippen LogP contribution >= 0.6 is 22.9 Å². The molecule has 2 atom stereocenters. The van der Waals surface area contributed by atoms with Gasteiger partial charge in [0.25, 0.3) is 0 Å². The molecule has 0 bridgehead atoms. The number of hydrogen-bond donors (Lipinski definition) is 2. The lowest BCUT2D eigenvalue weighted by Crippen LogP contribution is -2.46. The van der Waals surface area contributed by atoms with Crippen molar-refractivity contribution in [2.75, 3.05) is 0 Å². The lowest BCUT2D eigenvalue weighted by molar-refractivity contribution is 0.457. The van der Waals surface area contributed by atoms with Crippen LogP contribution in [0.5, 0.6) is 0 Å². The lowest BCUT2D eigenvalue weighted by atomic mass is 10.1. The van der Waals surface area contributed by atoms with Crippen LogP contribution in [0.15, 0.2) is 10.3 Å². The normalized spacial score (nSPS) is 25.2. The Morgan fingerprint density at radius 1 is 1.37 bits per heavy atom. The topological polar surface area (TPSA) is 72.2 Å². The van der Waals surface area contributed by atoms with E-state index in [1.807, 2.05) is 0 Å². The summed E-state index contributed by atoms with van der Waals surface area (Å²) in [5.74, 6) is 0. The van der Waals surface area contributed by atoms with Gasteiger partial charge in [0.1, 0.15) is 4.21 Å². The number of nitrogens with one attached hydrogen (secondary N) is 1. The Morgan fingerprint density at radius 3 is 2.68 bits per heavy atom. The van der Waals surface area contributed by atoms with Gasteiger partial charge in [-0.05, 0) is 31.4 Å². The van der Waals surface area contributed by atoms with Crippen molar-refractivity contribution in [2.45, 2.75) is 55.3 Å². The summed E-state index contributed by atoms with van der Waals surface area (Å²) in [6, 6.07) is 1.33. The van der Waals surface area contributed by atoms with Gasteiger partial charge in [0.05, 0.1) is 4.34 Å². The fourth-order valence-electron chi connectivity index (χ4n) is 2.30. The Balaban J connectivity index is 2.16. The van der Waals surface area contributed by atoms with Crippen LogP contribution in [0.2, 0.25) is 4.34 Å². The fourth-order valence-corrected chi connectivity index (χ4v) is 5.35. The van der Waals surface area contributed by atoms with Crippen LogP contribution in [0.4, 0.5) is 0 Å². The van der Waals surface area contributed by atoms with Gasteiger partial charge in [0.15, 0.2) is 0 Å². The summed E-state index contributed by atoms with van der Waals surface area (Å²) in [5, 5.41) is 0. The van der Waals surface area contributed by atoms with Crippen LogP contribution < -0.4 is 10.5 Å². The van der Waals surface area contributed by atoms with Gasteiger partial charge in [0.2, 0.25) is 10.0 Å². The highest BCUT2D eigenvalue weighted by molar-refractivity contribution is 7.91. The van der Waals surface area contributed by atoms with Crippen LogP contribution in [0.1, 0.15) is 37.7 Å². The molecular formula is C12H19ClN2O2S2. The lowest BCUT2D eigenvalue weighted by Gasteiger charge is -2.22. The first-order valence-electron chi connectivity index (χ1n) is 6.44. The molecule has 2 unspecified atom stereocenters. The van der Waals surface area contributed by atoms with E-state index in [4.69, 9.17) is 17.3 Å². The van der Waals surface area contributed by atoms with Crippen molar-refractivity contribution in [2.24, 2.45) is 5.73 Å². The number of hydrogen-bond acceptors (Lipinski definition) is 4. The van der Waals surface area contributed by atoms with E-state index in [9.17, 15) is 8.42 Å². The van der Waals surface area contributed by atoms with Crippen molar-refractivity contribution in [3.63, 3.8) is 0 Å². The van der Waals surface area contributed by atoms with E-state index in [2.05, 4.69) is 4.72 Å². The Bertz CT molecular complexity index is 522. The highest BCUT2D eigenvalue weighted by Crippen LogP contribution is 2.30. The number of rotatable bonds is 3. The van der Waals surface area contributed by atoms with Crippen molar-refractivity contribution in [1.29, 1.82) is 0 Å². The van der Waals surface area contributed by atoms with Crippen molar-refractivity contribution in [3.8, 4) is 0 Å². The van der Waals surface area contributed by atoms with Crippen molar-refractivity contribution in [3.05, 3.63) is 16.0 Å². The average Bonchev–Trinajstić information content (AvgIpc) is 2.55. The van der Waals surface area contributed by atoms with E-state index in [1.54, 1.807) is 13.0 Å². The van der Waals surface area contributed by atoms with E-state index in [-0.39, 0.29) is 16.3 Å². The van der Waals surface area contributed by atoms with Crippen LogP contribution in [0.3, 0.4) is 0 Å². The maximum Gasteiger partial charge on any atom is 0.250 e. The third kappa shape index (κ3) is 3.70. The molecule has 4 nitrogen and oxygen atoms in total. The van der Waals surface area contributed by atoms with Crippen LogP contribution in [-0.4, -0.2) is 20.5 Å². The van der Waals surface area contributed by atoms with E-state index in [0.717, 1.165) is 49.0 Å². The van der Waals surface area contributed by atoms with Crippen molar-refractivity contribution in [1.82, 2.24) is 4.72 Å². The second-order valence-corrected chi connectivity index (χ2v) is 8.65. The molecule has 108 valence electrons. The fraction of sp³-hybridized carbons (Fsp3) is 0.667. The minimum absolute atomic E-state index is 0.103. The van der Waals surface area contributed by atoms with Gasteiger partial charge in [-0.1, -0.05) is 30.9 Å². The Hall–Kier alpha value is -0.140. The van der Waals surface area contributed by atoms with Gasteiger partial charge >= 0.3 is 0 Å². The largest absolute Gasteiger partial charge is 0.326 e. The molecule has 3 N–H and O–H groups in total. The molecule has 0 saturated heterocycles. The number of halogens is 1. The molecule has 0 aliphatic heterocycles. The standard InChI is InChI=1S/C12H19ClN2O2S2/c1-8-7-11(18-12(8)13)19(16,17)15-10-6-4-2-3-5-9(10)14/h7,9-10,15H,2-6,14H2,1H3. The van der Waals surface area contributed by atoms with E-state index < -0.39 is 10.0 Å². The van der Waals surface area contributed by atoms with Crippen LogP contribution in [0, 0.1) is 6.92 Å². The molecule has 1 heterocycles. The zero-order valence-corrected chi connectivity index (χ0v) is 13.2. The third-order valence-corrected chi connectivity index (χ3v) is 6.99. The monoisotopic (exact) mass is 322 g/mol. The first kappa shape index (κ1) is 15.3. The van der Waals surface area contributed by atoms with Gasteiger partial charge in [-0.3, -0.25) is 0 Å². The summed E-state index contributed by atoms with van der Waals surface area (Å²) in [7, 11) is -3.51. The maximum absolute atomic E-state index is 12.3. The predicted octanol–water partition coefficient (Wildman–Crippen LogP) is 2.65. The Kier molecular flexibility index (Phi) is 4.89. The zero-order valence-electron chi connectivity index (χ0n) is 10.9. The smallest absolute Gasteiger partial charge is 0.250 e. The predicted molar refractivity (Wildman–Crippen MR) is 79.2 cm³/mol. The van der Waals surface area contributed by atoms with E-state index in [1.165, 1.54) is 0 Å². The summed E-state index contributed by atoms with van der Waals surface area (Å²) in [6.45, 7) is 1.80. The average molecular weight is 323 g/mol. The highest BCUT2D eigenvalue weighted by atomic mass is 35.5. The molecule has 1 saturated carbocycles. The first-order chi connectivity index (χ1) is 8.90. The number of thiophene rings is 1. The van der Waals surface area contributed by atoms with Gasteiger partial charge in [-0.25, -0.2) is 13.1 Å². The first-order valence-corrected chi connectivity index (χ1v) is 9.12. The zero-order chi connectivity index (χ0) is 14.0. The summed E-state index contributed by atoms with van der Waals surface area (Å²) in [5.41, 5.74) is 6.84. The third-order valence-electron chi connectivity index (χ3n) is 3.48. The number of aryl methyl sites for hydroxylation is 1. The van der Waals surface area contributed by atoms with Crippen molar-refractivity contribution < 1.29 is 8.42 Å². The molecule has 1 aromatic rings. The molecule has 0 amide bonds. The molecule has 0 aromatic carbocycles. The molecule has 0 spiro atoms. The van der Waals surface area contributed by atoms with E-state index in [0.29, 0.717) is 4.34 Å².